The second-order valence-electron chi connectivity index (χ2n) is 6.98. The van der Waals surface area contributed by atoms with Gasteiger partial charge in [-0.1, -0.05) is 43.5 Å². The Labute approximate surface area is 124 Å². The molecular weight excluding hydrogens is 242 g/mol. The Bertz CT molecular complexity index is 453. The number of benzene rings is 1. The third-order valence-corrected chi connectivity index (χ3v) is 5.48. The minimum absolute atomic E-state index is 0.601. The summed E-state index contributed by atoms with van der Waals surface area (Å²) in [6.07, 6.45) is 7.11. The van der Waals surface area contributed by atoms with E-state index in [-0.39, 0.29) is 0 Å². The van der Waals surface area contributed by atoms with Gasteiger partial charge in [0, 0.05) is 6.04 Å². The van der Waals surface area contributed by atoms with Crippen molar-refractivity contribution in [2.45, 2.75) is 58.9 Å². The summed E-state index contributed by atoms with van der Waals surface area (Å²) in [7, 11) is 0. The van der Waals surface area contributed by atoms with E-state index in [4.69, 9.17) is 0 Å². The molecule has 2 aliphatic carbocycles. The van der Waals surface area contributed by atoms with Crippen molar-refractivity contribution in [1.29, 1.82) is 0 Å². The maximum absolute atomic E-state index is 3.86. The van der Waals surface area contributed by atoms with E-state index < -0.39 is 0 Å². The molecule has 0 spiro atoms. The topological polar surface area (TPSA) is 12.0 Å². The van der Waals surface area contributed by atoms with E-state index in [2.05, 4.69) is 44.3 Å². The molecule has 2 saturated carbocycles. The Balaban J connectivity index is 1.82. The molecule has 0 aliphatic heterocycles. The van der Waals surface area contributed by atoms with Crippen LogP contribution in [0, 0.1) is 31.6 Å². The molecule has 2 fully saturated rings. The first kappa shape index (κ1) is 14.1. The zero-order valence-corrected chi connectivity index (χ0v) is 13.3. The summed E-state index contributed by atoms with van der Waals surface area (Å²) >= 11 is 0. The first-order valence-corrected chi connectivity index (χ1v) is 8.53. The molecule has 0 radical (unpaired) electrons. The third-order valence-electron chi connectivity index (χ3n) is 5.48. The smallest absolute Gasteiger partial charge is 0.0356 e. The lowest BCUT2D eigenvalue weighted by Gasteiger charge is -2.22. The maximum atomic E-state index is 3.86. The van der Waals surface area contributed by atoms with Crippen molar-refractivity contribution in [1.82, 2.24) is 5.32 Å². The summed E-state index contributed by atoms with van der Waals surface area (Å²) in [6, 6.07) is 7.61. The Kier molecular flexibility index (Phi) is 4.16. The van der Waals surface area contributed by atoms with Crippen LogP contribution in [0.3, 0.4) is 0 Å². The molecule has 0 bridgehead atoms. The number of fused-ring (bicyclic) bond motifs is 1. The first-order chi connectivity index (χ1) is 9.72. The summed E-state index contributed by atoms with van der Waals surface area (Å²) in [5.74, 6) is 2.93. The van der Waals surface area contributed by atoms with Crippen LogP contribution in [0.5, 0.6) is 0 Å². The Morgan fingerprint density at radius 2 is 1.85 bits per heavy atom. The minimum atomic E-state index is 0.601. The highest BCUT2D eigenvalue weighted by Gasteiger charge is 2.54. The van der Waals surface area contributed by atoms with Gasteiger partial charge in [-0.15, -0.1) is 0 Å². The fourth-order valence-electron chi connectivity index (χ4n) is 4.47. The zero-order chi connectivity index (χ0) is 14.1. The Morgan fingerprint density at radius 3 is 2.45 bits per heavy atom. The number of aryl methyl sites for hydroxylation is 2. The van der Waals surface area contributed by atoms with Crippen LogP contribution >= 0.6 is 0 Å². The summed E-state index contributed by atoms with van der Waals surface area (Å²) in [5, 5.41) is 3.86. The van der Waals surface area contributed by atoms with Gasteiger partial charge in [0.15, 0.2) is 0 Å². The third kappa shape index (κ3) is 2.65. The lowest BCUT2D eigenvalue weighted by Crippen LogP contribution is -2.25. The first-order valence-electron chi connectivity index (χ1n) is 8.53. The van der Waals surface area contributed by atoms with Gasteiger partial charge in [-0.25, -0.2) is 0 Å². The van der Waals surface area contributed by atoms with Crippen LogP contribution in [0.25, 0.3) is 0 Å². The molecule has 0 amide bonds. The molecule has 1 aromatic carbocycles. The Hall–Kier alpha value is -0.820. The van der Waals surface area contributed by atoms with Crippen molar-refractivity contribution in [3.05, 3.63) is 34.9 Å². The highest BCUT2D eigenvalue weighted by molar-refractivity contribution is 5.34. The number of rotatable bonds is 5. The fourth-order valence-corrected chi connectivity index (χ4v) is 4.47. The van der Waals surface area contributed by atoms with Gasteiger partial charge in [0.2, 0.25) is 0 Å². The Morgan fingerprint density at radius 1 is 1.15 bits per heavy atom. The molecule has 20 heavy (non-hydrogen) atoms. The van der Waals surface area contributed by atoms with Gasteiger partial charge in [-0.05, 0) is 68.5 Å². The molecule has 3 unspecified atom stereocenters. The van der Waals surface area contributed by atoms with Gasteiger partial charge < -0.3 is 5.32 Å². The van der Waals surface area contributed by atoms with Gasteiger partial charge in [0.05, 0.1) is 0 Å². The molecule has 3 rings (SSSR count). The monoisotopic (exact) mass is 271 g/mol. The predicted octanol–water partition coefficient (Wildman–Crippen LogP) is 4.78. The molecular formula is C19H29N. The van der Waals surface area contributed by atoms with Crippen LogP contribution in [-0.4, -0.2) is 6.54 Å². The normalized spacial score (nSPS) is 29.9. The van der Waals surface area contributed by atoms with E-state index in [1.54, 1.807) is 5.56 Å². The van der Waals surface area contributed by atoms with E-state index in [0.29, 0.717) is 6.04 Å². The summed E-state index contributed by atoms with van der Waals surface area (Å²) in [5.41, 5.74) is 4.42. The highest BCUT2D eigenvalue weighted by atomic mass is 14.9. The largest absolute Gasteiger partial charge is 0.310 e. The van der Waals surface area contributed by atoms with Crippen LogP contribution in [0.1, 0.15) is 61.8 Å². The predicted molar refractivity (Wildman–Crippen MR) is 85.9 cm³/mol. The summed E-state index contributed by atoms with van der Waals surface area (Å²) in [6.45, 7) is 7.90. The summed E-state index contributed by atoms with van der Waals surface area (Å²) in [4.78, 5) is 0. The summed E-state index contributed by atoms with van der Waals surface area (Å²) < 4.78 is 0. The van der Waals surface area contributed by atoms with Crippen LogP contribution in [0.4, 0.5) is 0 Å². The van der Waals surface area contributed by atoms with E-state index in [1.165, 1.54) is 43.2 Å². The van der Waals surface area contributed by atoms with Gasteiger partial charge in [-0.2, -0.15) is 0 Å². The van der Waals surface area contributed by atoms with Crippen LogP contribution in [-0.2, 0) is 0 Å². The van der Waals surface area contributed by atoms with Gasteiger partial charge in [-0.3, -0.25) is 0 Å². The number of hydrogen-bond donors (Lipinski definition) is 1. The van der Waals surface area contributed by atoms with E-state index >= 15 is 0 Å². The van der Waals surface area contributed by atoms with Crippen LogP contribution < -0.4 is 5.32 Å². The SMILES string of the molecule is CCCNC(c1ccc(C)cc1C)C1C2CCCCC21. The molecule has 0 heterocycles. The highest BCUT2D eigenvalue weighted by Crippen LogP contribution is 2.60. The van der Waals surface area contributed by atoms with Crippen LogP contribution in [0.15, 0.2) is 18.2 Å². The van der Waals surface area contributed by atoms with Crippen LogP contribution in [0.2, 0.25) is 0 Å². The average molecular weight is 271 g/mol. The second kappa shape index (κ2) is 5.89. The number of hydrogen-bond acceptors (Lipinski definition) is 1. The van der Waals surface area contributed by atoms with E-state index in [9.17, 15) is 0 Å². The molecule has 1 N–H and O–H groups in total. The molecule has 1 aromatic rings. The van der Waals surface area contributed by atoms with Gasteiger partial charge in [0.25, 0.3) is 0 Å². The standard InChI is InChI=1S/C19H29N/c1-4-11-20-19(15-10-9-13(2)12-14(15)3)18-16-7-5-6-8-17(16)18/h9-10,12,16-20H,4-8,11H2,1-3H3. The van der Waals surface area contributed by atoms with Gasteiger partial charge >= 0.3 is 0 Å². The second-order valence-corrected chi connectivity index (χ2v) is 6.98. The van der Waals surface area contributed by atoms with Crippen molar-refractivity contribution in [2.24, 2.45) is 17.8 Å². The van der Waals surface area contributed by atoms with Crippen molar-refractivity contribution >= 4 is 0 Å². The molecule has 110 valence electrons. The number of nitrogens with one attached hydrogen (secondary N) is 1. The van der Waals surface area contributed by atoms with E-state index in [1.807, 2.05) is 0 Å². The zero-order valence-electron chi connectivity index (χ0n) is 13.3. The molecule has 1 heteroatoms. The molecule has 0 saturated heterocycles. The molecule has 3 atom stereocenters. The van der Waals surface area contributed by atoms with Crippen molar-refractivity contribution < 1.29 is 0 Å². The van der Waals surface area contributed by atoms with Crippen molar-refractivity contribution in [2.75, 3.05) is 6.54 Å². The maximum Gasteiger partial charge on any atom is 0.0356 e. The van der Waals surface area contributed by atoms with Gasteiger partial charge in [0.1, 0.15) is 0 Å². The molecule has 2 aliphatic rings. The fraction of sp³-hybridized carbons (Fsp3) is 0.684. The average Bonchev–Trinajstić information content (AvgIpc) is 3.15. The lowest BCUT2D eigenvalue weighted by molar-refractivity contribution is 0.444. The minimum Gasteiger partial charge on any atom is -0.310 e. The molecule has 1 nitrogen and oxygen atoms in total. The van der Waals surface area contributed by atoms with E-state index in [0.717, 1.165) is 24.3 Å². The quantitative estimate of drug-likeness (QED) is 0.812. The van der Waals surface area contributed by atoms with Crippen molar-refractivity contribution in [3.63, 3.8) is 0 Å². The molecule has 0 aromatic heterocycles. The van der Waals surface area contributed by atoms with Crippen molar-refractivity contribution in [3.8, 4) is 0 Å². The lowest BCUT2D eigenvalue weighted by atomic mass is 9.94.